The van der Waals surface area contributed by atoms with E-state index in [2.05, 4.69) is 0 Å². The molecule has 0 aliphatic carbocycles. The fraction of sp³-hybridized carbons (Fsp3) is 1.00. The summed E-state index contributed by atoms with van der Waals surface area (Å²) in [5.41, 5.74) is 0. The lowest BCUT2D eigenvalue weighted by molar-refractivity contribution is 0.222. The molecule has 1 unspecified atom stereocenters. The van der Waals surface area contributed by atoms with Crippen LogP contribution < -0.4 is 0 Å². The Balaban J connectivity index is 3.22. The van der Waals surface area contributed by atoms with Crippen molar-refractivity contribution in [1.29, 1.82) is 0 Å². The van der Waals surface area contributed by atoms with Crippen molar-refractivity contribution in [3.8, 4) is 0 Å². The van der Waals surface area contributed by atoms with Crippen molar-refractivity contribution in [2.45, 2.75) is 26.4 Å². The second-order valence-corrected chi connectivity index (χ2v) is 2.36. The summed E-state index contributed by atoms with van der Waals surface area (Å²) in [6, 6.07) is 0. The van der Waals surface area contributed by atoms with Gasteiger partial charge in [0.15, 0.2) is 0 Å². The van der Waals surface area contributed by atoms with Crippen LogP contribution in [-0.2, 0) is 0 Å². The Morgan fingerprint density at radius 1 is 1.44 bits per heavy atom. The van der Waals surface area contributed by atoms with Gasteiger partial charge in [-0.25, -0.2) is 4.39 Å². The van der Waals surface area contributed by atoms with Crippen molar-refractivity contribution in [2.24, 2.45) is 0 Å². The van der Waals surface area contributed by atoms with Crippen LogP contribution in [0.4, 0.5) is 4.39 Å². The van der Waals surface area contributed by atoms with Crippen LogP contribution in [0.15, 0.2) is 0 Å². The lowest BCUT2D eigenvalue weighted by atomic mass is 10.3. The van der Waals surface area contributed by atoms with E-state index in [1.165, 1.54) is 0 Å². The minimum Gasteiger partial charge on any atom is -0.304 e. The number of hydrogen-bond acceptors (Lipinski definition) is 1. The van der Waals surface area contributed by atoms with E-state index in [1.54, 1.807) is 0 Å². The Kier molecular flexibility index (Phi) is 4.68. The van der Waals surface area contributed by atoms with Crippen LogP contribution in [0.25, 0.3) is 0 Å². The van der Waals surface area contributed by atoms with Crippen LogP contribution in [0.5, 0.6) is 0 Å². The summed E-state index contributed by atoms with van der Waals surface area (Å²) in [6.45, 7) is 5.41. The summed E-state index contributed by atoms with van der Waals surface area (Å²) in [4.78, 5) is 1.98. The molecular weight excluding hydrogens is 117 g/mol. The molecule has 0 aromatic heterocycles. The molecule has 1 nitrogen and oxygen atoms in total. The summed E-state index contributed by atoms with van der Waals surface area (Å²) < 4.78 is 12.5. The molecule has 0 aliphatic rings. The number of alkyl halides is 1. The first-order chi connectivity index (χ1) is 4.20. The number of halogens is 1. The molecular formula is C7H16FN. The molecule has 56 valence electrons. The van der Waals surface area contributed by atoms with E-state index in [4.69, 9.17) is 0 Å². The molecule has 0 saturated heterocycles. The molecule has 0 spiro atoms. The van der Waals surface area contributed by atoms with Crippen molar-refractivity contribution < 1.29 is 4.39 Å². The van der Waals surface area contributed by atoms with Crippen LogP contribution in [0, 0.1) is 0 Å². The lowest BCUT2D eigenvalue weighted by Crippen LogP contribution is -2.25. The van der Waals surface area contributed by atoms with Gasteiger partial charge in [-0.1, -0.05) is 13.8 Å². The topological polar surface area (TPSA) is 3.24 Å². The second-order valence-electron chi connectivity index (χ2n) is 2.36. The molecule has 0 rings (SSSR count). The molecule has 0 heterocycles. The Labute approximate surface area is 56.9 Å². The molecule has 9 heavy (non-hydrogen) atoms. The van der Waals surface area contributed by atoms with Crippen LogP contribution >= 0.6 is 0 Å². The maximum atomic E-state index is 12.5. The van der Waals surface area contributed by atoms with Gasteiger partial charge >= 0.3 is 0 Å². The van der Waals surface area contributed by atoms with E-state index in [9.17, 15) is 4.39 Å². The molecule has 0 saturated carbocycles. The second kappa shape index (κ2) is 4.74. The van der Waals surface area contributed by atoms with Gasteiger partial charge < -0.3 is 4.90 Å². The van der Waals surface area contributed by atoms with Crippen LogP contribution in [0.3, 0.4) is 0 Å². The van der Waals surface area contributed by atoms with Crippen molar-refractivity contribution in [1.82, 2.24) is 4.90 Å². The zero-order valence-corrected chi connectivity index (χ0v) is 6.52. The molecule has 0 amide bonds. The SMILES string of the molecule is CCC(F)CN(C)CC. The first-order valence-electron chi connectivity index (χ1n) is 3.53. The zero-order valence-electron chi connectivity index (χ0n) is 6.52. The average molecular weight is 133 g/mol. The molecule has 0 radical (unpaired) electrons. The van der Waals surface area contributed by atoms with Gasteiger partial charge in [0, 0.05) is 6.54 Å². The average Bonchev–Trinajstić information content (AvgIpc) is 1.87. The van der Waals surface area contributed by atoms with E-state index in [1.807, 2.05) is 25.8 Å². The van der Waals surface area contributed by atoms with Gasteiger partial charge in [0.2, 0.25) is 0 Å². The van der Waals surface area contributed by atoms with Gasteiger partial charge in [-0.15, -0.1) is 0 Å². The third kappa shape index (κ3) is 4.40. The molecule has 1 atom stereocenters. The molecule has 0 aromatic rings. The number of nitrogens with zero attached hydrogens (tertiary/aromatic N) is 1. The minimum absolute atomic E-state index is 0.576. The summed E-state index contributed by atoms with van der Waals surface area (Å²) in [6.07, 6.45) is -0.0143. The third-order valence-electron chi connectivity index (χ3n) is 1.49. The highest BCUT2D eigenvalue weighted by Gasteiger charge is 2.04. The predicted octanol–water partition coefficient (Wildman–Crippen LogP) is 1.69. The Morgan fingerprint density at radius 3 is 2.33 bits per heavy atom. The first kappa shape index (κ1) is 8.89. The van der Waals surface area contributed by atoms with Crippen LogP contribution in [-0.4, -0.2) is 31.2 Å². The Hall–Kier alpha value is -0.110. The smallest absolute Gasteiger partial charge is 0.112 e. The number of rotatable bonds is 4. The maximum absolute atomic E-state index is 12.5. The third-order valence-corrected chi connectivity index (χ3v) is 1.49. The molecule has 0 bridgehead atoms. The van der Waals surface area contributed by atoms with Gasteiger partial charge in [-0.2, -0.15) is 0 Å². The Morgan fingerprint density at radius 2 is 2.00 bits per heavy atom. The van der Waals surface area contributed by atoms with Crippen LogP contribution in [0.2, 0.25) is 0 Å². The fourth-order valence-electron chi connectivity index (χ4n) is 0.596. The maximum Gasteiger partial charge on any atom is 0.112 e. The zero-order chi connectivity index (χ0) is 7.28. The van der Waals surface area contributed by atoms with E-state index in [0.717, 1.165) is 6.54 Å². The van der Waals surface area contributed by atoms with Gasteiger partial charge in [0.05, 0.1) is 0 Å². The van der Waals surface area contributed by atoms with E-state index in [0.29, 0.717) is 13.0 Å². The summed E-state index contributed by atoms with van der Waals surface area (Å²) >= 11 is 0. The number of hydrogen-bond donors (Lipinski definition) is 0. The van der Waals surface area contributed by atoms with Crippen molar-refractivity contribution >= 4 is 0 Å². The van der Waals surface area contributed by atoms with Gasteiger partial charge in [0.1, 0.15) is 6.17 Å². The quantitative estimate of drug-likeness (QED) is 0.564. The highest BCUT2D eigenvalue weighted by molar-refractivity contribution is 4.57. The fourth-order valence-corrected chi connectivity index (χ4v) is 0.596. The lowest BCUT2D eigenvalue weighted by Gasteiger charge is -2.15. The van der Waals surface area contributed by atoms with Crippen molar-refractivity contribution in [2.75, 3.05) is 20.1 Å². The highest BCUT2D eigenvalue weighted by atomic mass is 19.1. The normalized spacial score (nSPS) is 14.3. The standard InChI is InChI=1S/C7H16FN/c1-4-7(8)6-9(3)5-2/h7H,4-6H2,1-3H3. The Bertz CT molecular complexity index is 57.9. The highest BCUT2D eigenvalue weighted by Crippen LogP contribution is 1.97. The molecule has 0 N–H and O–H groups in total. The van der Waals surface area contributed by atoms with Gasteiger partial charge in [0.25, 0.3) is 0 Å². The van der Waals surface area contributed by atoms with E-state index in [-0.39, 0.29) is 0 Å². The predicted molar refractivity (Wildman–Crippen MR) is 38.4 cm³/mol. The van der Waals surface area contributed by atoms with Crippen molar-refractivity contribution in [3.63, 3.8) is 0 Å². The van der Waals surface area contributed by atoms with Crippen LogP contribution in [0.1, 0.15) is 20.3 Å². The monoisotopic (exact) mass is 133 g/mol. The molecule has 2 heteroatoms. The molecule has 0 fully saturated rings. The summed E-state index contributed by atoms with van der Waals surface area (Å²) in [7, 11) is 1.93. The van der Waals surface area contributed by atoms with E-state index < -0.39 is 6.17 Å². The van der Waals surface area contributed by atoms with Gasteiger partial charge in [-0.3, -0.25) is 0 Å². The largest absolute Gasteiger partial charge is 0.304 e. The van der Waals surface area contributed by atoms with Gasteiger partial charge in [-0.05, 0) is 20.0 Å². The first-order valence-corrected chi connectivity index (χ1v) is 3.53. The van der Waals surface area contributed by atoms with Crippen molar-refractivity contribution in [3.05, 3.63) is 0 Å². The molecule has 0 aromatic carbocycles. The molecule has 0 aliphatic heterocycles. The van der Waals surface area contributed by atoms with E-state index >= 15 is 0 Å². The minimum atomic E-state index is -0.644. The summed E-state index contributed by atoms with van der Waals surface area (Å²) in [5.74, 6) is 0. The summed E-state index contributed by atoms with van der Waals surface area (Å²) in [5, 5.41) is 0.